The molecule has 0 aromatic carbocycles. The molecule has 21 heavy (non-hydrogen) atoms. The molecular weight excluding hydrogens is 270 g/mol. The third kappa shape index (κ3) is 5.97. The number of hydrogen-bond donors (Lipinski definition) is 1. The summed E-state index contributed by atoms with van der Waals surface area (Å²) in [7, 11) is 0. The van der Waals surface area contributed by atoms with Gasteiger partial charge in [-0.05, 0) is 47.6 Å². The molecule has 0 saturated heterocycles. The zero-order chi connectivity index (χ0) is 16.2. The van der Waals surface area contributed by atoms with Crippen LogP contribution >= 0.6 is 0 Å². The number of nitrogens with one attached hydrogen (secondary N) is 1. The Hall–Kier alpha value is -1.85. The lowest BCUT2D eigenvalue weighted by Gasteiger charge is -2.22. The van der Waals surface area contributed by atoms with Gasteiger partial charge >= 0.3 is 5.97 Å². The topological polar surface area (TPSA) is 73.2 Å². The summed E-state index contributed by atoms with van der Waals surface area (Å²) in [6.07, 6.45) is 0.273. The van der Waals surface area contributed by atoms with Crippen molar-refractivity contribution in [3.05, 3.63) is 17.5 Å². The fraction of sp³-hybridized carbons (Fsp3) is 0.667. The molecular formula is C15H25N3O3. The van der Waals surface area contributed by atoms with Gasteiger partial charge in [0.25, 0.3) is 0 Å². The third-order valence-electron chi connectivity index (χ3n) is 2.79. The lowest BCUT2D eigenvalue weighted by Crippen LogP contribution is -2.42. The van der Waals surface area contributed by atoms with Crippen LogP contribution in [-0.2, 0) is 20.9 Å². The Morgan fingerprint density at radius 3 is 2.48 bits per heavy atom. The Labute approximate surface area is 125 Å². The number of hydrogen-bond acceptors (Lipinski definition) is 4. The molecule has 0 aliphatic heterocycles. The molecule has 0 unspecified atom stereocenters. The molecule has 1 atom stereocenters. The predicted octanol–water partition coefficient (Wildman–Crippen LogP) is 1.74. The average molecular weight is 295 g/mol. The van der Waals surface area contributed by atoms with Crippen LogP contribution < -0.4 is 5.32 Å². The summed E-state index contributed by atoms with van der Waals surface area (Å²) in [5.41, 5.74) is 1.38. The van der Waals surface area contributed by atoms with Crippen LogP contribution in [0.4, 0.5) is 0 Å². The summed E-state index contributed by atoms with van der Waals surface area (Å²) in [5.74, 6) is -0.622. The van der Waals surface area contributed by atoms with Gasteiger partial charge in [0.2, 0.25) is 5.91 Å². The zero-order valence-electron chi connectivity index (χ0n) is 13.7. The highest BCUT2D eigenvalue weighted by Crippen LogP contribution is 2.08. The maximum atomic E-state index is 11.9. The number of aryl methyl sites for hydroxylation is 3. The lowest BCUT2D eigenvalue weighted by molar-refractivity contribution is -0.158. The number of esters is 1. The molecule has 0 bridgehead atoms. The first-order valence-electron chi connectivity index (χ1n) is 7.12. The number of aromatic nitrogens is 2. The van der Waals surface area contributed by atoms with E-state index < -0.39 is 17.6 Å². The van der Waals surface area contributed by atoms with Crippen LogP contribution in [0.1, 0.15) is 45.5 Å². The van der Waals surface area contributed by atoms with Crippen LogP contribution in [0.2, 0.25) is 0 Å². The minimum absolute atomic E-state index is 0.194. The normalized spacial score (nSPS) is 12.9. The SMILES string of the molecule is Cc1cc(C)n(CCC(=O)N[C@H](C)C(=O)OC(C)(C)C)n1. The van der Waals surface area contributed by atoms with E-state index in [1.807, 2.05) is 19.9 Å². The van der Waals surface area contributed by atoms with Crippen molar-refractivity contribution in [3.8, 4) is 0 Å². The van der Waals surface area contributed by atoms with Crippen LogP contribution in [0, 0.1) is 13.8 Å². The summed E-state index contributed by atoms with van der Waals surface area (Å²) in [6.45, 7) is 11.4. The van der Waals surface area contributed by atoms with Gasteiger partial charge in [0.15, 0.2) is 0 Å². The summed E-state index contributed by atoms with van der Waals surface area (Å²) in [5, 5.41) is 6.93. The van der Waals surface area contributed by atoms with Crippen LogP contribution in [0.25, 0.3) is 0 Å². The summed E-state index contributed by atoms with van der Waals surface area (Å²) < 4.78 is 7.00. The fourth-order valence-corrected chi connectivity index (χ4v) is 1.87. The van der Waals surface area contributed by atoms with Crippen molar-refractivity contribution in [2.45, 2.75) is 66.2 Å². The summed E-state index contributed by atoms with van der Waals surface area (Å²) >= 11 is 0. The number of nitrogens with zero attached hydrogens (tertiary/aromatic N) is 2. The first-order chi connectivity index (χ1) is 9.58. The number of rotatable bonds is 5. The van der Waals surface area contributed by atoms with E-state index in [2.05, 4.69) is 10.4 Å². The van der Waals surface area contributed by atoms with Gasteiger partial charge in [0.05, 0.1) is 5.69 Å². The Kier molecular flexibility index (Phi) is 5.52. The smallest absolute Gasteiger partial charge is 0.328 e. The maximum Gasteiger partial charge on any atom is 0.328 e. The molecule has 0 radical (unpaired) electrons. The second-order valence-electron chi connectivity index (χ2n) is 6.22. The van der Waals surface area contributed by atoms with Gasteiger partial charge in [0, 0.05) is 18.7 Å². The van der Waals surface area contributed by atoms with E-state index in [9.17, 15) is 9.59 Å². The lowest BCUT2D eigenvalue weighted by atomic mass is 10.2. The molecule has 1 rings (SSSR count). The van der Waals surface area contributed by atoms with Crippen molar-refractivity contribution in [2.75, 3.05) is 0 Å². The van der Waals surface area contributed by atoms with Gasteiger partial charge in [-0.2, -0.15) is 5.10 Å². The van der Waals surface area contributed by atoms with E-state index in [-0.39, 0.29) is 12.3 Å². The summed E-state index contributed by atoms with van der Waals surface area (Å²) in [4.78, 5) is 23.6. The van der Waals surface area contributed by atoms with Crippen molar-refractivity contribution >= 4 is 11.9 Å². The quantitative estimate of drug-likeness (QED) is 0.840. The molecule has 0 saturated carbocycles. The molecule has 0 spiro atoms. The monoisotopic (exact) mass is 295 g/mol. The number of amides is 1. The van der Waals surface area contributed by atoms with Crippen LogP contribution in [0.15, 0.2) is 6.07 Å². The average Bonchev–Trinajstić information content (AvgIpc) is 2.63. The van der Waals surface area contributed by atoms with E-state index in [0.29, 0.717) is 6.54 Å². The van der Waals surface area contributed by atoms with E-state index in [4.69, 9.17) is 4.74 Å². The summed E-state index contributed by atoms with van der Waals surface area (Å²) in [6, 6.07) is 1.30. The highest BCUT2D eigenvalue weighted by atomic mass is 16.6. The minimum atomic E-state index is -0.655. The van der Waals surface area contributed by atoms with Gasteiger partial charge in [-0.1, -0.05) is 0 Å². The largest absolute Gasteiger partial charge is 0.458 e. The van der Waals surface area contributed by atoms with E-state index in [1.165, 1.54) is 0 Å². The Morgan fingerprint density at radius 2 is 2.00 bits per heavy atom. The van der Waals surface area contributed by atoms with Crippen molar-refractivity contribution in [3.63, 3.8) is 0 Å². The highest BCUT2D eigenvalue weighted by Gasteiger charge is 2.22. The molecule has 0 aliphatic rings. The number of ether oxygens (including phenoxy) is 1. The molecule has 6 nitrogen and oxygen atoms in total. The van der Waals surface area contributed by atoms with Crippen LogP contribution in [0.5, 0.6) is 0 Å². The van der Waals surface area contributed by atoms with Gasteiger partial charge < -0.3 is 10.1 Å². The van der Waals surface area contributed by atoms with Gasteiger partial charge in [0.1, 0.15) is 11.6 Å². The minimum Gasteiger partial charge on any atom is -0.458 e. The molecule has 0 aliphatic carbocycles. The standard InChI is InChI=1S/C15H25N3O3/c1-10-9-11(2)18(17-10)8-7-13(19)16-12(3)14(20)21-15(4,5)6/h9,12H,7-8H2,1-6H3,(H,16,19)/t12-/m1/s1. The van der Waals surface area contributed by atoms with Crippen molar-refractivity contribution in [2.24, 2.45) is 0 Å². The number of carbonyl (C=O) groups excluding carboxylic acids is 2. The van der Waals surface area contributed by atoms with E-state index >= 15 is 0 Å². The molecule has 1 N–H and O–H groups in total. The molecule has 6 heteroatoms. The van der Waals surface area contributed by atoms with E-state index in [1.54, 1.807) is 32.4 Å². The first-order valence-corrected chi connectivity index (χ1v) is 7.12. The van der Waals surface area contributed by atoms with Crippen molar-refractivity contribution in [1.29, 1.82) is 0 Å². The Balaban J connectivity index is 2.43. The van der Waals surface area contributed by atoms with Gasteiger partial charge in [-0.3, -0.25) is 9.48 Å². The number of carbonyl (C=O) groups is 2. The predicted molar refractivity (Wildman–Crippen MR) is 79.8 cm³/mol. The zero-order valence-corrected chi connectivity index (χ0v) is 13.7. The van der Waals surface area contributed by atoms with Gasteiger partial charge in [-0.15, -0.1) is 0 Å². The second kappa shape index (κ2) is 6.74. The molecule has 1 amide bonds. The molecule has 1 heterocycles. The van der Waals surface area contributed by atoms with Gasteiger partial charge in [-0.25, -0.2) is 4.79 Å². The molecule has 118 valence electrons. The van der Waals surface area contributed by atoms with Crippen molar-refractivity contribution < 1.29 is 14.3 Å². The molecule has 1 aromatic heterocycles. The Bertz CT molecular complexity index is 515. The molecule has 0 fully saturated rings. The van der Waals surface area contributed by atoms with E-state index in [0.717, 1.165) is 11.4 Å². The third-order valence-corrected chi connectivity index (χ3v) is 2.79. The Morgan fingerprint density at radius 1 is 1.38 bits per heavy atom. The highest BCUT2D eigenvalue weighted by molar-refractivity contribution is 5.84. The molecule has 1 aromatic rings. The second-order valence-corrected chi connectivity index (χ2v) is 6.22. The fourth-order valence-electron chi connectivity index (χ4n) is 1.87. The van der Waals surface area contributed by atoms with Crippen LogP contribution in [-0.4, -0.2) is 33.3 Å². The van der Waals surface area contributed by atoms with Crippen LogP contribution in [0.3, 0.4) is 0 Å². The maximum absolute atomic E-state index is 11.9. The van der Waals surface area contributed by atoms with Crippen molar-refractivity contribution in [1.82, 2.24) is 15.1 Å². The first kappa shape index (κ1) is 17.2.